The molecule has 3 aromatic heterocycles. The summed E-state index contributed by atoms with van der Waals surface area (Å²) in [6, 6.07) is 62.8. The molecule has 53 heavy (non-hydrogen) atoms. The number of nitrogens with zero attached hydrogens (tertiary/aromatic N) is 2. The van der Waals surface area contributed by atoms with E-state index in [1.165, 1.54) is 82.7 Å². The minimum Gasteiger partial charge on any atom is -0.456 e. The zero-order valence-corrected chi connectivity index (χ0v) is 28.6. The predicted octanol–water partition coefficient (Wildman–Crippen LogP) is 12.8. The first-order valence-corrected chi connectivity index (χ1v) is 18.5. The second-order valence-corrected chi connectivity index (χ2v) is 14.7. The molecule has 8 aromatic carbocycles. The third kappa shape index (κ3) is 3.45. The number of fused-ring (bicyclic) bond motifs is 9. The lowest BCUT2D eigenvalue weighted by atomic mass is 9.60. The first-order valence-electron chi connectivity index (χ1n) is 18.5. The van der Waals surface area contributed by atoms with Crippen LogP contribution in [0.3, 0.4) is 0 Å². The lowest BCUT2D eigenvalue weighted by Gasteiger charge is -2.42. The predicted molar refractivity (Wildman–Crippen MR) is 217 cm³/mol. The molecule has 14 rings (SSSR count). The summed E-state index contributed by atoms with van der Waals surface area (Å²) in [6.45, 7) is 0. The van der Waals surface area contributed by atoms with E-state index in [2.05, 4.69) is 167 Å². The molecule has 3 nitrogen and oxygen atoms in total. The van der Waals surface area contributed by atoms with Gasteiger partial charge in [0.05, 0.1) is 27.8 Å². The lowest BCUT2D eigenvalue weighted by molar-refractivity contribution is 0.669. The average molecular weight is 675 g/mol. The van der Waals surface area contributed by atoms with E-state index < -0.39 is 0 Å². The molecular formula is C50H30N2O. The van der Waals surface area contributed by atoms with E-state index in [4.69, 9.17) is 4.42 Å². The molecular weight excluding hydrogens is 645 g/mol. The van der Waals surface area contributed by atoms with Crippen molar-refractivity contribution in [3.05, 3.63) is 203 Å². The quantitative estimate of drug-likeness (QED) is 0.179. The summed E-state index contributed by atoms with van der Waals surface area (Å²) in [6.07, 6.45) is 0. The molecule has 0 unspecified atom stereocenters. The number of benzene rings is 8. The summed E-state index contributed by atoms with van der Waals surface area (Å²) in [7, 11) is 0. The van der Waals surface area contributed by atoms with Crippen molar-refractivity contribution in [2.24, 2.45) is 0 Å². The van der Waals surface area contributed by atoms with Gasteiger partial charge in [0.15, 0.2) is 0 Å². The summed E-state index contributed by atoms with van der Waals surface area (Å²) in [5, 5.41) is 7.43. The first kappa shape index (κ1) is 27.8. The third-order valence-electron chi connectivity index (χ3n) is 12.3. The van der Waals surface area contributed by atoms with Crippen molar-refractivity contribution >= 4 is 65.6 Å². The van der Waals surface area contributed by atoms with Crippen LogP contribution in [0.2, 0.25) is 0 Å². The van der Waals surface area contributed by atoms with Gasteiger partial charge in [-0.15, -0.1) is 0 Å². The van der Waals surface area contributed by atoms with Crippen molar-refractivity contribution in [2.75, 3.05) is 0 Å². The number of para-hydroxylation sites is 3. The van der Waals surface area contributed by atoms with Gasteiger partial charge in [0, 0.05) is 49.8 Å². The molecule has 0 aliphatic heterocycles. The van der Waals surface area contributed by atoms with Gasteiger partial charge in [-0.1, -0.05) is 115 Å². The monoisotopic (exact) mass is 674 g/mol. The Kier molecular flexibility index (Phi) is 5.22. The molecule has 0 saturated carbocycles. The van der Waals surface area contributed by atoms with Crippen LogP contribution in [0, 0.1) is 0 Å². The molecule has 0 N–H and O–H groups in total. The summed E-state index contributed by atoms with van der Waals surface area (Å²) >= 11 is 0. The molecule has 0 atom stereocenters. The molecule has 0 saturated heterocycles. The summed E-state index contributed by atoms with van der Waals surface area (Å²) in [5.74, 6) is 0.428. The number of hydrogen-bond acceptors (Lipinski definition) is 1. The van der Waals surface area contributed by atoms with E-state index in [9.17, 15) is 0 Å². The SMILES string of the molecule is c1ccc2c(c1)C1c3ccccc3C2c2c1ccc1c2c2ccccc2n1-c1cccc2c1c1ccccc1n2-c1ccc2oc3ccccc3c2c1. The van der Waals surface area contributed by atoms with Crippen LogP contribution in [0.1, 0.15) is 45.2 Å². The normalized spacial score (nSPS) is 15.9. The van der Waals surface area contributed by atoms with Gasteiger partial charge in [-0.2, -0.15) is 0 Å². The molecule has 0 amide bonds. The smallest absolute Gasteiger partial charge is 0.135 e. The molecule has 11 aromatic rings. The van der Waals surface area contributed by atoms with E-state index in [0.29, 0.717) is 0 Å². The van der Waals surface area contributed by atoms with E-state index >= 15 is 0 Å². The van der Waals surface area contributed by atoms with Crippen molar-refractivity contribution in [3.8, 4) is 11.4 Å². The van der Waals surface area contributed by atoms with E-state index in [-0.39, 0.29) is 11.8 Å². The topological polar surface area (TPSA) is 23.0 Å². The van der Waals surface area contributed by atoms with Crippen molar-refractivity contribution in [1.82, 2.24) is 9.13 Å². The van der Waals surface area contributed by atoms with Crippen LogP contribution in [-0.4, -0.2) is 9.13 Å². The standard InChI is InChI=1S/C50H30N2O/c1-3-15-33-31(13-1)46-32-14-2-4-16-34(32)47(33)50-37(46)25-26-43-49(50)36-18-6-9-20-40(36)52(43)42-22-11-21-41-48(42)35-17-5-8-19-39(35)51(41)29-24-27-45-38(28-29)30-12-7-10-23-44(30)53-45/h1-28,46-47H. The van der Waals surface area contributed by atoms with E-state index in [1.807, 2.05) is 12.1 Å². The Labute approximate surface area is 304 Å². The highest BCUT2D eigenvalue weighted by molar-refractivity contribution is 6.18. The zero-order valence-electron chi connectivity index (χ0n) is 28.6. The highest BCUT2D eigenvalue weighted by Gasteiger charge is 2.42. The van der Waals surface area contributed by atoms with Crippen molar-refractivity contribution in [2.45, 2.75) is 11.8 Å². The van der Waals surface area contributed by atoms with Crippen LogP contribution < -0.4 is 0 Å². The Morgan fingerprint density at radius 2 is 0.925 bits per heavy atom. The third-order valence-corrected chi connectivity index (χ3v) is 12.3. The van der Waals surface area contributed by atoms with Gasteiger partial charge in [-0.3, -0.25) is 0 Å². The maximum absolute atomic E-state index is 6.23. The molecule has 3 aliphatic rings. The number of hydrogen-bond donors (Lipinski definition) is 0. The largest absolute Gasteiger partial charge is 0.456 e. The van der Waals surface area contributed by atoms with Crippen LogP contribution in [-0.2, 0) is 0 Å². The fourth-order valence-electron chi connectivity index (χ4n) is 10.3. The lowest BCUT2D eigenvalue weighted by Crippen LogP contribution is -2.27. The molecule has 3 heterocycles. The van der Waals surface area contributed by atoms with Crippen LogP contribution >= 0.6 is 0 Å². The molecule has 246 valence electrons. The van der Waals surface area contributed by atoms with E-state index in [0.717, 1.165) is 27.6 Å². The van der Waals surface area contributed by atoms with Crippen molar-refractivity contribution in [1.29, 1.82) is 0 Å². The highest BCUT2D eigenvalue weighted by Crippen LogP contribution is 2.58. The molecule has 0 fully saturated rings. The van der Waals surface area contributed by atoms with Crippen molar-refractivity contribution < 1.29 is 4.42 Å². The molecule has 3 aliphatic carbocycles. The van der Waals surface area contributed by atoms with Gasteiger partial charge in [-0.05, 0) is 88.0 Å². The molecule has 2 bridgehead atoms. The Bertz CT molecular complexity index is 3320. The maximum atomic E-state index is 6.23. The Hall–Kier alpha value is -6.84. The fraction of sp³-hybridized carbons (Fsp3) is 0.0400. The number of rotatable bonds is 2. The first-order chi connectivity index (χ1) is 26.3. The molecule has 0 radical (unpaired) electrons. The van der Waals surface area contributed by atoms with Gasteiger partial charge in [-0.25, -0.2) is 0 Å². The number of aromatic nitrogens is 2. The average Bonchev–Trinajstić information content (AvgIpc) is 3.88. The second-order valence-electron chi connectivity index (χ2n) is 14.7. The van der Waals surface area contributed by atoms with Gasteiger partial charge in [0.1, 0.15) is 11.2 Å². The zero-order chi connectivity index (χ0) is 34.4. The van der Waals surface area contributed by atoms with Gasteiger partial charge < -0.3 is 13.6 Å². The van der Waals surface area contributed by atoms with Crippen LogP contribution in [0.5, 0.6) is 0 Å². The Morgan fingerprint density at radius 3 is 1.68 bits per heavy atom. The Morgan fingerprint density at radius 1 is 0.358 bits per heavy atom. The molecule has 0 spiro atoms. The van der Waals surface area contributed by atoms with Gasteiger partial charge in [0.25, 0.3) is 0 Å². The fourth-order valence-corrected chi connectivity index (χ4v) is 10.3. The van der Waals surface area contributed by atoms with Crippen molar-refractivity contribution in [3.63, 3.8) is 0 Å². The van der Waals surface area contributed by atoms with Gasteiger partial charge >= 0.3 is 0 Å². The van der Waals surface area contributed by atoms with Crippen LogP contribution in [0.15, 0.2) is 174 Å². The Balaban J connectivity index is 1.12. The minimum atomic E-state index is 0.192. The van der Waals surface area contributed by atoms with Crippen LogP contribution in [0.4, 0.5) is 0 Å². The highest BCUT2D eigenvalue weighted by atomic mass is 16.3. The van der Waals surface area contributed by atoms with Gasteiger partial charge in [0.2, 0.25) is 0 Å². The second kappa shape index (κ2) is 9.93. The summed E-state index contributed by atoms with van der Waals surface area (Å²) in [4.78, 5) is 0. The van der Waals surface area contributed by atoms with E-state index in [1.54, 1.807) is 0 Å². The maximum Gasteiger partial charge on any atom is 0.135 e. The molecule has 3 heteroatoms. The summed E-state index contributed by atoms with van der Waals surface area (Å²) < 4.78 is 11.2. The summed E-state index contributed by atoms with van der Waals surface area (Å²) in [5.41, 5.74) is 17.7. The minimum absolute atomic E-state index is 0.192. The van der Waals surface area contributed by atoms with Crippen LogP contribution in [0.25, 0.3) is 76.9 Å². The number of furan rings is 1.